The molecule has 0 saturated carbocycles. The second kappa shape index (κ2) is 10.4. The SMILES string of the molecule is Cc1ccc(S(=O)(=O)NNCc2ccccc2C2CN(C#N)CCN2C(=O)OC(C)(C)C)cc1. The zero-order valence-electron chi connectivity index (χ0n) is 19.9. The number of ether oxygens (including phenoxy) is 1. The van der Waals surface area contributed by atoms with Gasteiger partial charge < -0.3 is 9.64 Å². The molecule has 2 N–H and O–H groups in total. The van der Waals surface area contributed by atoms with Gasteiger partial charge in [-0.1, -0.05) is 42.0 Å². The Balaban J connectivity index is 1.79. The van der Waals surface area contributed by atoms with Crippen molar-refractivity contribution >= 4 is 16.1 Å². The molecule has 0 aromatic heterocycles. The van der Waals surface area contributed by atoms with Gasteiger partial charge in [0.05, 0.1) is 17.5 Å². The first-order chi connectivity index (χ1) is 16.0. The molecule has 2 aromatic carbocycles. The molecule has 1 atom stereocenters. The Labute approximate surface area is 201 Å². The molecule has 0 bridgehead atoms. The molecule has 0 radical (unpaired) electrons. The Morgan fingerprint density at radius 3 is 2.47 bits per heavy atom. The lowest BCUT2D eigenvalue weighted by Gasteiger charge is -2.40. The summed E-state index contributed by atoms with van der Waals surface area (Å²) in [7, 11) is -3.74. The Kier molecular flexibility index (Phi) is 7.82. The maximum atomic E-state index is 12.9. The summed E-state index contributed by atoms with van der Waals surface area (Å²) in [4.78, 5) is 18.7. The normalized spacial score (nSPS) is 16.7. The average Bonchev–Trinajstić information content (AvgIpc) is 2.78. The summed E-state index contributed by atoms with van der Waals surface area (Å²) in [5.74, 6) is 0. The molecule has 1 fully saturated rings. The van der Waals surface area contributed by atoms with Crippen molar-refractivity contribution in [1.29, 1.82) is 5.26 Å². The van der Waals surface area contributed by atoms with Crippen LogP contribution in [-0.4, -0.2) is 49.5 Å². The number of carbonyl (C=O) groups is 1. The number of hydrogen-bond donors (Lipinski definition) is 2. The molecule has 2 aromatic rings. The van der Waals surface area contributed by atoms with Crippen molar-refractivity contribution in [3.63, 3.8) is 0 Å². The molecular weight excluding hydrogens is 454 g/mol. The van der Waals surface area contributed by atoms with E-state index < -0.39 is 27.8 Å². The van der Waals surface area contributed by atoms with Crippen LogP contribution in [0.5, 0.6) is 0 Å². The Morgan fingerprint density at radius 2 is 1.82 bits per heavy atom. The summed E-state index contributed by atoms with van der Waals surface area (Å²) < 4.78 is 30.8. The van der Waals surface area contributed by atoms with Gasteiger partial charge in [-0.05, 0) is 51.0 Å². The van der Waals surface area contributed by atoms with Crippen LogP contribution in [0.3, 0.4) is 0 Å². The standard InChI is InChI=1S/C24H31N5O4S/c1-18-9-11-20(12-10-18)34(31,32)27-26-15-19-7-5-6-8-21(19)22-16-28(17-25)13-14-29(22)23(30)33-24(2,3)4/h5-12,22,26-27H,13-16H2,1-4H3. The van der Waals surface area contributed by atoms with E-state index in [-0.39, 0.29) is 11.4 Å². The van der Waals surface area contributed by atoms with Gasteiger partial charge in [0.2, 0.25) is 0 Å². The van der Waals surface area contributed by atoms with Crippen molar-refractivity contribution in [1.82, 2.24) is 20.1 Å². The Hall–Kier alpha value is -3.13. The van der Waals surface area contributed by atoms with E-state index in [1.807, 2.05) is 52.0 Å². The van der Waals surface area contributed by atoms with Crippen molar-refractivity contribution in [2.75, 3.05) is 19.6 Å². The van der Waals surface area contributed by atoms with Crippen molar-refractivity contribution in [3.8, 4) is 6.19 Å². The van der Waals surface area contributed by atoms with E-state index in [1.165, 1.54) is 0 Å². The molecular formula is C24H31N5O4S. The fraction of sp³-hybridized carbons (Fsp3) is 0.417. The van der Waals surface area contributed by atoms with Crippen LogP contribution in [0.25, 0.3) is 0 Å². The Morgan fingerprint density at radius 1 is 1.15 bits per heavy atom. The van der Waals surface area contributed by atoms with E-state index in [0.29, 0.717) is 19.6 Å². The van der Waals surface area contributed by atoms with Gasteiger partial charge >= 0.3 is 6.09 Å². The smallest absolute Gasteiger partial charge is 0.410 e. The number of amides is 1. The third-order valence-corrected chi connectivity index (χ3v) is 6.69. The van der Waals surface area contributed by atoms with E-state index in [4.69, 9.17) is 4.74 Å². The second-order valence-corrected chi connectivity index (χ2v) is 10.9. The summed E-state index contributed by atoms with van der Waals surface area (Å²) in [6.45, 7) is 8.58. The number of nitrogens with zero attached hydrogens (tertiary/aromatic N) is 3. The van der Waals surface area contributed by atoms with Crippen LogP contribution in [-0.2, 0) is 21.3 Å². The van der Waals surface area contributed by atoms with Crippen LogP contribution in [0.15, 0.2) is 53.4 Å². The number of sulfonamides is 1. The predicted octanol–water partition coefficient (Wildman–Crippen LogP) is 3.05. The highest BCUT2D eigenvalue weighted by Crippen LogP contribution is 2.29. The van der Waals surface area contributed by atoms with Crippen LogP contribution >= 0.6 is 0 Å². The maximum Gasteiger partial charge on any atom is 0.410 e. The topological polar surface area (TPSA) is 115 Å². The lowest BCUT2D eigenvalue weighted by atomic mass is 9.97. The number of piperazine rings is 1. The third kappa shape index (κ3) is 6.47. The summed E-state index contributed by atoms with van der Waals surface area (Å²) in [5, 5.41) is 9.44. The molecule has 34 heavy (non-hydrogen) atoms. The van der Waals surface area contributed by atoms with Gasteiger partial charge in [-0.3, -0.25) is 4.90 Å². The first-order valence-electron chi connectivity index (χ1n) is 11.0. The van der Waals surface area contributed by atoms with Crippen LogP contribution < -0.4 is 10.3 Å². The van der Waals surface area contributed by atoms with E-state index in [0.717, 1.165) is 16.7 Å². The van der Waals surface area contributed by atoms with Crippen molar-refractivity contribution < 1.29 is 17.9 Å². The average molecular weight is 486 g/mol. The molecule has 1 amide bonds. The van der Waals surface area contributed by atoms with Gasteiger partial charge in [-0.25, -0.2) is 18.6 Å². The monoisotopic (exact) mass is 485 g/mol. The highest BCUT2D eigenvalue weighted by atomic mass is 32.2. The highest BCUT2D eigenvalue weighted by Gasteiger charge is 2.35. The summed E-state index contributed by atoms with van der Waals surface area (Å²) in [5.41, 5.74) is 4.72. The zero-order valence-corrected chi connectivity index (χ0v) is 20.7. The molecule has 1 saturated heterocycles. The van der Waals surface area contributed by atoms with Crippen molar-refractivity contribution in [3.05, 3.63) is 65.2 Å². The molecule has 1 unspecified atom stereocenters. The molecule has 3 rings (SSSR count). The van der Waals surface area contributed by atoms with Crippen LogP contribution in [0.2, 0.25) is 0 Å². The van der Waals surface area contributed by atoms with Gasteiger partial charge in [0.15, 0.2) is 6.19 Å². The molecule has 1 aliphatic rings. The number of carbonyl (C=O) groups excluding carboxylic acids is 1. The molecule has 9 nitrogen and oxygen atoms in total. The fourth-order valence-corrected chi connectivity index (χ4v) is 4.58. The maximum absolute atomic E-state index is 12.9. The predicted molar refractivity (Wildman–Crippen MR) is 128 cm³/mol. The number of nitriles is 1. The number of benzene rings is 2. The Bertz CT molecular complexity index is 1150. The molecule has 182 valence electrons. The van der Waals surface area contributed by atoms with E-state index in [1.54, 1.807) is 34.1 Å². The lowest BCUT2D eigenvalue weighted by Crippen LogP contribution is -2.50. The van der Waals surface area contributed by atoms with Gasteiger partial charge in [-0.15, -0.1) is 4.83 Å². The summed E-state index contributed by atoms with van der Waals surface area (Å²) in [6.07, 6.45) is 1.72. The van der Waals surface area contributed by atoms with Gasteiger partial charge in [0.1, 0.15) is 5.60 Å². The number of hydrogen-bond acceptors (Lipinski definition) is 7. The number of nitrogens with one attached hydrogen (secondary N) is 2. The summed E-state index contributed by atoms with van der Waals surface area (Å²) in [6, 6.07) is 13.6. The lowest BCUT2D eigenvalue weighted by molar-refractivity contribution is 0.00364. The van der Waals surface area contributed by atoms with E-state index in [2.05, 4.69) is 16.5 Å². The molecule has 0 spiro atoms. The first kappa shape index (κ1) is 25.5. The van der Waals surface area contributed by atoms with E-state index in [9.17, 15) is 18.5 Å². The van der Waals surface area contributed by atoms with Crippen LogP contribution in [0.4, 0.5) is 4.79 Å². The van der Waals surface area contributed by atoms with Crippen molar-refractivity contribution in [2.24, 2.45) is 0 Å². The fourth-order valence-electron chi connectivity index (χ4n) is 3.70. The molecule has 10 heteroatoms. The highest BCUT2D eigenvalue weighted by molar-refractivity contribution is 7.89. The quantitative estimate of drug-likeness (QED) is 0.477. The largest absolute Gasteiger partial charge is 0.444 e. The van der Waals surface area contributed by atoms with Gasteiger partial charge in [0, 0.05) is 19.6 Å². The summed E-state index contributed by atoms with van der Waals surface area (Å²) >= 11 is 0. The molecule has 0 aliphatic carbocycles. The minimum atomic E-state index is -3.74. The number of rotatable bonds is 6. The van der Waals surface area contributed by atoms with Gasteiger partial charge in [0.25, 0.3) is 10.0 Å². The second-order valence-electron chi connectivity index (χ2n) is 9.21. The third-order valence-electron chi connectivity index (χ3n) is 5.38. The zero-order chi connectivity index (χ0) is 24.9. The number of hydrazine groups is 1. The minimum Gasteiger partial charge on any atom is -0.444 e. The van der Waals surface area contributed by atoms with Gasteiger partial charge in [-0.2, -0.15) is 5.26 Å². The number of aryl methyl sites for hydroxylation is 1. The van der Waals surface area contributed by atoms with Crippen LogP contribution in [0, 0.1) is 18.4 Å². The minimum absolute atomic E-state index is 0.159. The first-order valence-corrected chi connectivity index (χ1v) is 12.5. The van der Waals surface area contributed by atoms with E-state index >= 15 is 0 Å². The van der Waals surface area contributed by atoms with Crippen LogP contribution in [0.1, 0.15) is 43.5 Å². The molecule has 1 heterocycles. The van der Waals surface area contributed by atoms with Crippen molar-refractivity contribution in [2.45, 2.75) is 50.8 Å². The molecule has 1 aliphatic heterocycles.